The Bertz CT molecular complexity index is 1330. The Kier molecular flexibility index (Phi) is 6.73. The highest BCUT2D eigenvalue weighted by Gasteiger charge is 2.32. The van der Waals surface area contributed by atoms with Crippen molar-refractivity contribution in [1.29, 1.82) is 0 Å². The van der Waals surface area contributed by atoms with Gasteiger partial charge in [0.2, 0.25) is 0 Å². The molecule has 3 aromatic carbocycles. The smallest absolute Gasteiger partial charge is 0.357 e. The van der Waals surface area contributed by atoms with Crippen LogP contribution in [0.15, 0.2) is 78.9 Å². The largest absolute Gasteiger partial charge is 0.488 e. The van der Waals surface area contributed by atoms with E-state index in [4.69, 9.17) is 14.2 Å². The van der Waals surface area contributed by atoms with Crippen molar-refractivity contribution < 1.29 is 23.8 Å². The van der Waals surface area contributed by atoms with Crippen molar-refractivity contribution in [3.05, 3.63) is 101 Å². The molecule has 0 bridgehead atoms. The van der Waals surface area contributed by atoms with Crippen LogP contribution in [0.5, 0.6) is 5.75 Å². The summed E-state index contributed by atoms with van der Waals surface area (Å²) in [4.78, 5) is 25.7. The van der Waals surface area contributed by atoms with Gasteiger partial charge in [-0.3, -0.25) is 0 Å². The Balaban J connectivity index is 1.87. The van der Waals surface area contributed by atoms with Gasteiger partial charge in [0.15, 0.2) is 5.69 Å². The summed E-state index contributed by atoms with van der Waals surface area (Å²) in [5.74, 6) is -0.893. The lowest BCUT2D eigenvalue weighted by molar-refractivity contribution is 0.0549. The molecule has 7 heteroatoms. The van der Waals surface area contributed by atoms with Gasteiger partial charge in [-0.25, -0.2) is 14.3 Å². The van der Waals surface area contributed by atoms with Crippen molar-refractivity contribution in [2.75, 3.05) is 14.2 Å². The summed E-state index contributed by atoms with van der Waals surface area (Å²) >= 11 is 0. The lowest BCUT2D eigenvalue weighted by atomic mass is 10.0. The van der Waals surface area contributed by atoms with E-state index in [1.165, 1.54) is 18.9 Å². The minimum atomic E-state index is -0.707. The molecule has 4 aromatic rings. The molecule has 0 aliphatic heterocycles. The maximum absolute atomic E-state index is 12.9. The first-order valence-corrected chi connectivity index (χ1v) is 10.7. The third kappa shape index (κ3) is 4.54. The molecule has 0 radical (unpaired) electrons. The van der Waals surface area contributed by atoms with E-state index in [0.717, 1.165) is 11.1 Å². The van der Waals surface area contributed by atoms with Crippen LogP contribution in [0.4, 0.5) is 0 Å². The number of aromatic nitrogens is 2. The van der Waals surface area contributed by atoms with E-state index in [2.05, 4.69) is 5.10 Å². The number of esters is 2. The Labute approximate surface area is 197 Å². The standard InChI is InChI=1S/C27H24N2O5/c1-18-10-9-11-19(16-18)17-34-22-15-8-7-14-21(22)24-23(26(30)32-2)25(27(31)33-3)29(28-24)20-12-5-4-6-13-20/h4-16H,17H2,1-3H3. The molecule has 34 heavy (non-hydrogen) atoms. The van der Waals surface area contributed by atoms with Crippen molar-refractivity contribution in [1.82, 2.24) is 9.78 Å². The van der Waals surface area contributed by atoms with Crippen LogP contribution in [0.3, 0.4) is 0 Å². The van der Waals surface area contributed by atoms with Gasteiger partial charge >= 0.3 is 11.9 Å². The molecule has 0 spiro atoms. The number of carbonyl (C=O) groups excluding carboxylic acids is 2. The Hall–Kier alpha value is -4.39. The first kappa shape index (κ1) is 22.8. The number of carbonyl (C=O) groups is 2. The molecule has 0 N–H and O–H groups in total. The highest BCUT2D eigenvalue weighted by molar-refractivity contribution is 6.07. The van der Waals surface area contributed by atoms with E-state index < -0.39 is 11.9 Å². The first-order valence-electron chi connectivity index (χ1n) is 10.7. The number of hydrogen-bond donors (Lipinski definition) is 0. The molecule has 1 aromatic heterocycles. The van der Waals surface area contributed by atoms with Gasteiger partial charge in [-0.1, -0.05) is 60.2 Å². The van der Waals surface area contributed by atoms with Crippen molar-refractivity contribution >= 4 is 11.9 Å². The molecule has 0 aliphatic rings. The van der Waals surface area contributed by atoms with Gasteiger partial charge in [0.1, 0.15) is 23.6 Å². The number of hydrogen-bond acceptors (Lipinski definition) is 6. The normalized spacial score (nSPS) is 10.6. The summed E-state index contributed by atoms with van der Waals surface area (Å²) in [6.07, 6.45) is 0. The van der Waals surface area contributed by atoms with E-state index in [9.17, 15) is 9.59 Å². The number of aryl methyl sites for hydroxylation is 1. The molecular weight excluding hydrogens is 432 g/mol. The molecule has 0 saturated heterocycles. The molecule has 0 saturated carbocycles. The number of nitrogens with zero attached hydrogens (tertiary/aromatic N) is 2. The third-order valence-electron chi connectivity index (χ3n) is 5.27. The summed E-state index contributed by atoms with van der Waals surface area (Å²) < 4.78 is 17.5. The van der Waals surface area contributed by atoms with E-state index in [1.54, 1.807) is 24.3 Å². The topological polar surface area (TPSA) is 79.7 Å². The highest BCUT2D eigenvalue weighted by atomic mass is 16.5. The summed E-state index contributed by atoms with van der Waals surface area (Å²) in [6, 6.07) is 24.3. The molecule has 4 rings (SSSR count). The van der Waals surface area contributed by atoms with Crippen LogP contribution in [0.2, 0.25) is 0 Å². The average Bonchev–Trinajstić information content (AvgIpc) is 3.28. The van der Waals surface area contributed by atoms with Gasteiger partial charge < -0.3 is 14.2 Å². The second-order valence-corrected chi connectivity index (χ2v) is 7.58. The highest BCUT2D eigenvalue weighted by Crippen LogP contribution is 2.35. The molecule has 0 aliphatic carbocycles. The van der Waals surface area contributed by atoms with Crippen LogP contribution in [0, 0.1) is 6.92 Å². The predicted octanol–water partition coefficient (Wildman–Crippen LogP) is 5.00. The van der Waals surface area contributed by atoms with E-state index in [-0.39, 0.29) is 17.0 Å². The molecule has 0 unspecified atom stereocenters. The fourth-order valence-electron chi connectivity index (χ4n) is 3.69. The Morgan fingerprint density at radius 1 is 0.853 bits per heavy atom. The summed E-state index contributed by atoms with van der Waals surface area (Å²) in [5, 5.41) is 4.65. The zero-order chi connectivity index (χ0) is 24.1. The lowest BCUT2D eigenvalue weighted by Gasteiger charge is -2.11. The SMILES string of the molecule is COC(=O)c1c(-c2ccccc2OCc2cccc(C)c2)nn(-c2ccccc2)c1C(=O)OC. The van der Waals surface area contributed by atoms with Crippen LogP contribution in [-0.4, -0.2) is 35.9 Å². The minimum Gasteiger partial charge on any atom is -0.488 e. The second-order valence-electron chi connectivity index (χ2n) is 7.58. The summed E-state index contributed by atoms with van der Waals surface area (Å²) in [6.45, 7) is 2.35. The van der Waals surface area contributed by atoms with Gasteiger partial charge in [-0.15, -0.1) is 0 Å². The van der Waals surface area contributed by atoms with Crippen LogP contribution < -0.4 is 4.74 Å². The van der Waals surface area contributed by atoms with Gasteiger partial charge in [0.05, 0.1) is 19.9 Å². The fourth-order valence-corrected chi connectivity index (χ4v) is 3.69. The number of ether oxygens (including phenoxy) is 3. The average molecular weight is 456 g/mol. The Morgan fingerprint density at radius 3 is 2.26 bits per heavy atom. The molecule has 0 amide bonds. The summed E-state index contributed by atoms with van der Waals surface area (Å²) in [7, 11) is 2.51. The molecule has 0 atom stereocenters. The maximum atomic E-state index is 12.9. The number of rotatable bonds is 7. The van der Waals surface area contributed by atoms with Crippen molar-refractivity contribution in [2.24, 2.45) is 0 Å². The van der Waals surface area contributed by atoms with Crippen LogP contribution in [0.25, 0.3) is 16.9 Å². The zero-order valence-electron chi connectivity index (χ0n) is 19.1. The van der Waals surface area contributed by atoms with E-state index in [1.807, 2.05) is 61.5 Å². The molecule has 172 valence electrons. The Morgan fingerprint density at radius 2 is 1.56 bits per heavy atom. The number of para-hydroxylation sites is 2. The third-order valence-corrected chi connectivity index (χ3v) is 5.27. The quantitative estimate of drug-likeness (QED) is 0.364. The lowest BCUT2D eigenvalue weighted by Crippen LogP contribution is -2.15. The number of methoxy groups -OCH3 is 2. The second kappa shape index (κ2) is 10.0. The van der Waals surface area contributed by atoms with Crippen LogP contribution in [0.1, 0.15) is 32.0 Å². The zero-order valence-corrected chi connectivity index (χ0v) is 19.1. The summed E-state index contributed by atoms with van der Waals surface area (Å²) in [5.41, 5.74) is 3.53. The van der Waals surface area contributed by atoms with Gasteiger partial charge in [0, 0.05) is 5.56 Å². The molecule has 1 heterocycles. The van der Waals surface area contributed by atoms with Gasteiger partial charge in [-0.05, 0) is 36.8 Å². The first-order chi connectivity index (χ1) is 16.5. The maximum Gasteiger partial charge on any atom is 0.357 e. The monoisotopic (exact) mass is 456 g/mol. The van der Waals surface area contributed by atoms with E-state index >= 15 is 0 Å². The fraction of sp³-hybridized carbons (Fsp3) is 0.148. The molecule has 7 nitrogen and oxygen atoms in total. The van der Waals surface area contributed by atoms with E-state index in [0.29, 0.717) is 23.6 Å². The van der Waals surface area contributed by atoms with Crippen LogP contribution >= 0.6 is 0 Å². The van der Waals surface area contributed by atoms with Crippen LogP contribution in [-0.2, 0) is 16.1 Å². The molecule has 0 fully saturated rings. The minimum absolute atomic E-state index is 0.00445. The van der Waals surface area contributed by atoms with Crippen molar-refractivity contribution in [2.45, 2.75) is 13.5 Å². The predicted molar refractivity (Wildman–Crippen MR) is 127 cm³/mol. The van der Waals surface area contributed by atoms with Gasteiger partial charge in [-0.2, -0.15) is 5.10 Å². The molecular formula is C27H24N2O5. The number of benzene rings is 3. The van der Waals surface area contributed by atoms with Crippen molar-refractivity contribution in [3.8, 4) is 22.7 Å². The van der Waals surface area contributed by atoms with Crippen molar-refractivity contribution in [3.63, 3.8) is 0 Å². The van der Waals surface area contributed by atoms with Gasteiger partial charge in [0.25, 0.3) is 0 Å².